The van der Waals surface area contributed by atoms with Gasteiger partial charge in [-0.1, -0.05) is 0 Å². The van der Waals surface area contributed by atoms with Crippen molar-refractivity contribution in [1.29, 1.82) is 0 Å². The third-order valence-electron chi connectivity index (χ3n) is 3.99. The summed E-state index contributed by atoms with van der Waals surface area (Å²) in [5.74, 6) is 0.712. The largest absolute Gasteiger partial charge is 0.444 e. The zero-order valence-corrected chi connectivity index (χ0v) is 13.8. The second-order valence-electron chi connectivity index (χ2n) is 5.45. The number of nitrogens with zero attached hydrogens (tertiary/aromatic N) is 2. The number of halogens is 1. The summed E-state index contributed by atoms with van der Waals surface area (Å²) in [5, 5.41) is 2.95. The number of carbonyl (C=O) groups excluding carboxylic acids is 1. The van der Waals surface area contributed by atoms with Crippen molar-refractivity contribution in [2.45, 2.75) is 12.8 Å². The number of piperidine rings is 1. The van der Waals surface area contributed by atoms with Crippen molar-refractivity contribution in [1.82, 2.24) is 10.3 Å². The molecule has 1 aliphatic heterocycles. The molecule has 1 aliphatic rings. The zero-order valence-electron chi connectivity index (χ0n) is 12.2. The maximum atomic E-state index is 11.9. The first-order valence-electron chi connectivity index (χ1n) is 7.41. The average Bonchev–Trinajstić information content (AvgIpc) is 3.00. The molecule has 0 unspecified atom stereocenters. The minimum Gasteiger partial charge on any atom is -0.444 e. The van der Waals surface area contributed by atoms with Gasteiger partial charge in [-0.15, -0.1) is 0 Å². The lowest BCUT2D eigenvalue weighted by atomic mass is 9.96. The van der Waals surface area contributed by atoms with Crippen LogP contribution in [0.4, 0.5) is 5.69 Å². The maximum absolute atomic E-state index is 11.9. The van der Waals surface area contributed by atoms with E-state index in [1.807, 2.05) is 24.5 Å². The maximum Gasteiger partial charge on any atom is 0.287 e. The van der Waals surface area contributed by atoms with Gasteiger partial charge in [0.2, 0.25) is 0 Å². The van der Waals surface area contributed by atoms with Gasteiger partial charge in [0.1, 0.15) is 0 Å². The van der Waals surface area contributed by atoms with Gasteiger partial charge in [-0.2, -0.15) is 0 Å². The summed E-state index contributed by atoms with van der Waals surface area (Å²) in [4.78, 5) is 18.4. The number of pyridine rings is 1. The predicted octanol–water partition coefficient (Wildman–Crippen LogP) is 3.08. The zero-order chi connectivity index (χ0) is 15.4. The van der Waals surface area contributed by atoms with E-state index in [-0.39, 0.29) is 5.91 Å². The number of anilines is 1. The molecule has 6 heteroatoms. The number of rotatable bonds is 4. The van der Waals surface area contributed by atoms with E-state index in [4.69, 9.17) is 4.42 Å². The Morgan fingerprint density at radius 1 is 1.27 bits per heavy atom. The van der Waals surface area contributed by atoms with Crippen LogP contribution in [0.2, 0.25) is 0 Å². The Morgan fingerprint density at radius 2 is 2.00 bits per heavy atom. The van der Waals surface area contributed by atoms with Gasteiger partial charge < -0.3 is 14.6 Å². The SMILES string of the molecule is O=C(NCC1CCN(c2ccncc2)CC1)c1ccc(Br)o1. The normalized spacial score (nSPS) is 15.8. The number of aromatic nitrogens is 1. The Labute approximate surface area is 137 Å². The highest BCUT2D eigenvalue weighted by Gasteiger charge is 2.20. The van der Waals surface area contributed by atoms with Gasteiger partial charge in [-0.05, 0) is 59.0 Å². The van der Waals surface area contributed by atoms with Crippen molar-refractivity contribution >= 4 is 27.5 Å². The van der Waals surface area contributed by atoms with Gasteiger partial charge in [0.25, 0.3) is 5.91 Å². The van der Waals surface area contributed by atoms with E-state index in [1.54, 1.807) is 12.1 Å². The fourth-order valence-electron chi connectivity index (χ4n) is 2.71. The fourth-order valence-corrected chi connectivity index (χ4v) is 3.02. The van der Waals surface area contributed by atoms with Crippen LogP contribution >= 0.6 is 15.9 Å². The van der Waals surface area contributed by atoms with Crippen LogP contribution in [0.3, 0.4) is 0 Å². The topological polar surface area (TPSA) is 58.4 Å². The Kier molecular flexibility index (Phi) is 4.77. The van der Waals surface area contributed by atoms with Gasteiger partial charge in [0.05, 0.1) is 0 Å². The average molecular weight is 364 g/mol. The number of amides is 1. The Balaban J connectivity index is 1.45. The smallest absolute Gasteiger partial charge is 0.287 e. The number of hydrogen-bond acceptors (Lipinski definition) is 4. The first kappa shape index (κ1) is 15.1. The molecule has 1 N–H and O–H groups in total. The summed E-state index contributed by atoms with van der Waals surface area (Å²) in [6, 6.07) is 7.47. The summed E-state index contributed by atoms with van der Waals surface area (Å²) in [6.45, 7) is 2.72. The number of furan rings is 1. The Morgan fingerprint density at radius 3 is 2.64 bits per heavy atom. The van der Waals surface area contributed by atoms with E-state index in [2.05, 4.69) is 31.1 Å². The first-order valence-corrected chi connectivity index (χ1v) is 8.20. The number of carbonyl (C=O) groups is 1. The van der Waals surface area contributed by atoms with Crippen LogP contribution < -0.4 is 10.2 Å². The lowest BCUT2D eigenvalue weighted by Gasteiger charge is -2.33. The number of nitrogens with one attached hydrogen (secondary N) is 1. The van der Waals surface area contributed by atoms with Crippen LogP contribution in [-0.2, 0) is 0 Å². The summed E-state index contributed by atoms with van der Waals surface area (Å²) in [6.07, 6.45) is 5.79. The summed E-state index contributed by atoms with van der Waals surface area (Å²) in [5.41, 5.74) is 1.22. The van der Waals surface area contributed by atoms with Crippen molar-refractivity contribution in [3.63, 3.8) is 0 Å². The highest BCUT2D eigenvalue weighted by Crippen LogP contribution is 2.22. The lowest BCUT2D eigenvalue weighted by Crippen LogP contribution is -2.38. The minimum absolute atomic E-state index is 0.151. The molecule has 116 valence electrons. The van der Waals surface area contributed by atoms with Gasteiger partial charge in [-0.25, -0.2) is 0 Å². The van der Waals surface area contributed by atoms with E-state index in [0.29, 0.717) is 22.9 Å². The molecule has 2 aromatic heterocycles. The highest BCUT2D eigenvalue weighted by atomic mass is 79.9. The van der Waals surface area contributed by atoms with Crippen molar-refractivity contribution in [2.24, 2.45) is 5.92 Å². The lowest BCUT2D eigenvalue weighted by molar-refractivity contribution is 0.0916. The molecule has 0 saturated carbocycles. The molecule has 0 aliphatic carbocycles. The van der Waals surface area contributed by atoms with Crippen LogP contribution in [0.5, 0.6) is 0 Å². The molecular weight excluding hydrogens is 346 g/mol. The van der Waals surface area contributed by atoms with Gasteiger partial charge in [0, 0.05) is 37.7 Å². The standard InChI is InChI=1S/C16H18BrN3O2/c17-15-2-1-14(22-15)16(21)19-11-12-5-9-20(10-6-12)13-3-7-18-8-4-13/h1-4,7-8,12H,5-6,9-11H2,(H,19,21). The van der Waals surface area contributed by atoms with Crippen LogP contribution in [0, 0.1) is 5.92 Å². The fraction of sp³-hybridized carbons (Fsp3) is 0.375. The second-order valence-corrected chi connectivity index (χ2v) is 6.23. The van der Waals surface area contributed by atoms with Crippen molar-refractivity contribution < 1.29 is 9.21 Å². The van der Waals surface area contributed by atoms with Gasteiger partial charge >= 0.3 is 0 Å². The molecule has 3 rings (SSSR count). The monoisotopic (exact) mass is 363 g/mol. The molecule has 22 heavy (non-hydrogen) atoms. The molecule has 0 atom stereocenters. The summed E-state index contributed by atoms with van der Waals surface area (Å²) in [7, 11) is 0. The van der Waals surface area contributed by atoms with Gasteiger partial charge in [0.15, 0.2) is 10.4 Å². The molecule has 1 fully saturated rings. The third-order valence-corrected chi connectivity index (χ3v) is 4.42. The first-order chi connectivity index (χ1) is 10.7. The molecule has 0 radical (unpaired) electrons. The summed E-state index contributed by atoms with van der Waals surface area (Å²) >= 11 is 3.20. The molecular formula is C16H18BrN3O2. The van der Waals surface area contributed by atoms with Crippen molar-refractivity contribution in [3.05, 3.63) is 47.1 Å². The minimum atomic E-state index is -0.151. The van der Waals surface area contributed by atoms with Crippen LogP contribution in [0.1, 0.15) is 23.4 Å². The number of hydrogen-bond donors (Lipinski definition) is 1. The van der Waals surface area contributed by atoms with E-state index in [0.717, 1.165) is 25.9 Å². The van der Waals surface area contributed by atoms with Crippen LogP contribution in [0.15, 0.2) is 45.7 Å². The molecule has 0 bridgehead atoms. The molecule has 3 heterocycles. The Bertz CT molecular complexity index is 621. The van der Waals surface area contributed by atoms with Gasteiger partial charge in [-0.3, -0.25) is 9.78 Å². The quantitative estimate of drug-likeness (QED) is 0.906. The van der Waals surface area contributed by atoms with Crippen LogP contribution in [-0.4, -0.2) is 30.5 Å². The van der Waals surface area contributed by atoms with Crippen LogP contribution in [0.25, 0.3) is 0 Å². The highest BCUT2D eigenvalue weighted by molar-refractivity contribution is 9.10. The summed E-state index contributed by atoms with van der Waals surface area (Å²) < 4.78 is 5.82. The van der Waals surface area contributed by atoms with E-state index in [9.17, 15) is 4.79 Å². The predicted molar refractivity (Wildman–Crippen MR) is 87.9 cm³/mol. The van der Waals surface area contributed by atoms with Crippen molar-refractivity contribution in [3.8, 4) is 0 Å². The molecule has 0 aromatic carbocycles. The third kappa shape index (κ3) is 3.68. The second kappa shape index (κ2) is 6.96. The Hall–Kier alpha value is -1.82. The van der Waals surface area contributed by atoms with Crippen molar-refractivity contribution in [2.75, 3.05) is 24.5 Å². The van der Waals surface area contributed by atoms with E-state index < -0.39 is 0 Å². The molecule has 5 nitrogen and oxygen atoms in total. The molecule has 1 saturated heterocycles. The van der Waals surface area contributed by atoms with E-state index >= 15 is 0 Å². The molecule has 0 spiro atoms. The van der Waals surface area contributed by atoms with E-state index in [1.165, 1.54) is 5.69 Å². The molecule has 2 aromatic rings. The molecule has 1 amide bonds.